The molecule has 22 heavy (non-hydrogen) atoms. The molecule has 4 nitrogen and oxygen atoms in total. The number of benzene rings is 1. The normalized spacial score (nSPS) is 21.0. The molecule has 1 unspecified atom stereocenters. The Kier molecular flexibility index (Phi) is 4.46. The zero-order chi connectivity index (χ0) is 15.5. The molecule has 2 aliphatic rings. The molecule has 3 rings (SSSR count). The zero-order valence-corrected chi connectivity index (χ0v) is 13.2. The third-order valence-electron chi connectivity index (χ3n) is 4.84. The molecule has 1 N–H and O–H groups in total. The van der Waals surface area contributed by atoms with E-state index in [4.69, 9.17) is 0 Å². The Hall–Kier alpha value is -1.84. The number of para-hydroxylation sites is 1. The summed E-state index contributed by atoms with van der Waals surface area (Å²) in [7, 11) is 0. The van der Waals surface area contributed by atoms with E-state index < -0.39 is 0 Å². The predicted molar refractivity (Wildman–Crippen MR) is 86.7 cm³/mol. The number of amides is 2. The van der Waals surface area contributed by atoms with Crippen molar-refractivity contribution in [1.29, 1.82) is 0 Å². The fraction of sp³-hybridized carbons (Fsp3) is 0.556. The van der Waals surface area contributed by atoms with E-state index in [1.165, 1.54) is 12.8 Å². The molecule has 0 aromatic heterocycles. The summed E-state index contributed by atoms with van der Waals surface area (Å²) in [4.78, 5) is 26.9. The molecule has 1 aliphatic heterocycles. The van der Waals surface area contributed by atoms with E-state index in [0.717, 1.165) is 24.1 Å². The van der Waals surface area contributed by atoms with Crippen LogP contribution in [0, 0.1) is 5.92 Å². The Bertz CT molecular complexity index is 564. The van der Waals surface area contributed by atoms with Gasteiger partial charge in [-0.2, -0.15) is 0 Å². The molecule has 1 aromatic carbocycles. The highest BCUT2D eigenvalue weighted by Crippen LogP contribution is 2.35. The van der Waals surface area contributed by atoms with Crippen molar-refractivity contribution in [1.82, 2.24) is 5.32 Å². The van der Waals surface area contributed by atoms with Crippen LogP contribution in [0.2, 0.25) is 0 Å². The number of carbonyl (C=O) groups is 2. The SMILES string of the molecule is CCNC(=O)C1Cc2ccccc2N1C(=O)CC1CCCC1. The van der Waals surface area contributed by atoms with Gasteiger partial charge in [0.1, 0.15) is 6.04 Å². The van der Waals surface area contributed by atoms with E-state index >= 15 is 0 Å². The number of fused-ring (bicyclic) bond motifs is 1. The fourth-order valence-electron chi connectivity index (χ4n) is 3.76. The van der Waals surface area contributed by atoms with Crippen molar-refractivity contribution in [2.45, 2.75) is 51.5 Å². The summed E-state index contributed by atoms with van der Waals surface area (Å²) in [5.74, 6) is 0.557. The van der Waals surface area contributed by atoms with Crippen molar-refractivity contribution in [2.75, 3.05) is 11.4 Å². The van der Waals surface area contributed by atoms with Gasteiger partial charge in [0.05, 0.1) is 0 Å². The van der Waals surface area contributed by atoms with Gasteiger partial charge in [0.25, 0.3) is 0 Å². The maximum absolute atomic E-state index is 12.8. The maximum Gasteiger partial charge on any atom is 0.243 e. The van der Waals surface area contributed by atoms with Gasteiger partial charge in [-0.3, -0.25) is 14.5 Å². The summed E-state index contributed by atoms with van der Waals surface area (Å²) in [6, 6.07) is 7.50. The van der Waals surface area contributed by atoms with Gasteiger partial charge in [-0.1, -0.05) is 31.0 Å². The van der Waals surface area contributed by atoms with Crippen molar-refractivity contribution in [3.8, 4) is 0 Å². The van der Waals surface area contributed by atoms with Crippen LogP contribution in [0.5, 0.6) is 0 Å². The third kappa shape index (κ3) is 2.87. The quantitative estimate of drug-likeness (QED) is 0.929. The molecule has 2 amide bonds. The lowest BCUT2D eigenvalue weighted by Crippen LogP contribution is -2.48. The molecule has 1 heterocycles. The first-order valence-electron chi connectivity index (χ1n) is 8.38. The highest BCUT2D eigenvalue weighted by molar-refractivity contribution is 6.03. The van der Waals surface area contributed by atoms with Gasteiger partial charge < -0.3 is 5.32 Å². The molecule has 0 saturated heterocycles. The van der Waals surface area contributed by atoms with Crippen LogP contribution in [-0.2, 0) is 16.0 Å². The number of likely N-dealkylation sites (N-methyl/N-ethyl adjacent to an activating group) is 1. The summed E-state index contributed by atoms with van der Waals surface area (Å²) in [6.45, 7) is 2.50. The van der Waals surface area contributed by atoms with E-state index in [2.05, 4.69) is 5.32 Å². The van der Waals surface area contributed by atoms with Gasteiger partial charge >= 0.3 is 0 Å². The van der Waals surface area contributed by atoms with Crippen molar-refractivity contribution in [3.63, 3.8) is 0 Å². The fourth-order valence-corrected chi connectivity index (χ4v) is 3.76. The number of rotatable bonds is 4. The number of anilines is 1. The molecule has 118 valence electrons. The Labute approximate surface area is 131 Å². The summed E-state index contributed by atoms with van der Waals surface area (Å²) >= 11 is 0. The van der Waals surface area contributed by atoms with E-state index in [1.807, 2.05) is 31.2 Å². The van der Waals surface area contributed by atoms with Crippen molar-refractivity contribution in [3.05, 3.63) is 29.8 Å². The molecule has 1 atom stereocenters. The largest absolute Gasteiger partial charge is 0.355 e. The van der Waals surface area contributed by atoms with E-state index in [-0.39, 0.29) is 17.9 Å². The van der Waals surface area contributed by atoms with E-state index in [9.17, 15) is 9.59 Å². The maximum atomic E-state index is 12.8. The van der Waals surface area contributed by atoms with Crippen LogP contribution in [0.1, 0.15) is 44.6 Å². The van der Waals surface area contributed by atoms with Crippen LogP contribution >= 0.6 is 0 Å². The number of nitrogens with one attached hydrogen (secondary N) is 1. The zero-order valence-electron chi connectivity index (χ0n) is 13.2. The number of hydrogen-bond donors (Lipinski definition) is 1. The molecule has 1 fully saturated rings. The molecular formula is C18H24N2O2. The Morgan fingerprint density at radius 1 is 1.23 bits per heavy atom. The molecular weight excluding hydrogens is 276 g/mol. The summed E-state index contributed by atoms with van der Waals surface area (Å²) in [6.07, 6.45) is 5.95. The van der Waals surface area contributed by atoms with Crippen LogP contribution in [-0.4, -0.2) is 24.4 Å². The topological polar surface area (TPSA) is 49.4 Å². The first-order chi connectivity index (χ1) is 10.7. The van der Waals surface area contributed by atoms with Crippen LogP contribution in [0.25, 0.3) is 0 Å². The van der Waals surface area contributed by atoms with Gasteiger partial charge in [-0.25, -0.2) is 0 Å². The summed E-state index contributed by atoms with van der Waals surface area (Å²) < 4.78 is 0. The Balaban J connectivity index is 1.82. The number of nitrogens with zero attached hydrogens (tertiary/aromatic N) is 1. The lowest BCUT2D eigenvalue weighted by molar-refractivity contribution is -0.126. The third-order valence-corrected chi connectivity index (χ3v) is 4.84. The van der Waals surface area contributed by atoms with Crippen LogP contribution in [0.15, 0.2) is 24.3 Å². The first-order valence-corrected chi connectivity index (χ1v) is 8.38. The van der Waals surface area contributed by atoms with Gasteiger partial charge in [0, 0.05) is 25.1 Å². The highest BCUT2D eigenvalue weighted by atomic mass is 16.2. The molecule has 1 saturated carbocycles. The first kappa shape index (κ1) is 15.1. The minimum absolute atomic E-state index is 0.0431. The number of hydrogen-bond acceptors (Lipinski definition) is 2. The Morgan fingerprint density at radius 3 is 2.68 bits per heavy atom. The molecule has 0 spiro atoms. The second kappa shape index (κ2) is 6.51. The van der Waals surface area contributed by atoms with Crippen molar-refractivity contribution in [2.24, 2.45) is 5.92 Å². The second-order valence-electron chi connectivity index (χ2n) is 6.36. The molecule has 0 radical (unpaired) electrons. The van der Waals surface area contributed by atoms with Gasteiger partial charge in [-0.05, 0) is 37.3 Å². The minimum Gasteiger partial charge on any atom is -0.355 e. The predicted octanol–water partition coefficient (Wildman–Crippen LogP) is 2.66. The Morgan fingerprint density at radius 2 is 1.95 bits per heavy atom. The number of carbonyl (C=O) groups excluding carboxylic acids is 2. The highest BCUT2D eigenvalue weighted by Gasteiger charge is 2.38. The van der Waals surface area contributed by atoms with E-state index in [0.29, 0.717) is 25.3 Å². The molecule has 0 bridgehead atoms. The van der Waals surface area contributed by atoms with Crippen molar-refractivity contribution >= 4 is 17.5 Å². The second-order valence-corrected chi connectivity index (χ2v) is 6.36. The van der Waals surface area contributed by atoms with Crippen LogP contribution < -0.4 is 10.2 Å². The van der Waals surface area contributed by atoms with Gasteiger partial charge in [-0.15, -0.1) is 0 Å². The summed E-state index contributed by atoms with van der Waals surface area (Å²) in [5, 5.41) is 2.87. The monoisotopic (exact) mass is 300 g/mol. The standard InChI is InChI=1S/C18H24N2O2/c1-2-19-18(22)16-12-14-9-5-6-10-15(14)20(16)17(21)11-13-7-3-4-8-13/h5-6,9-10,13,16H,2-4,7-8,11-12H2,1H3,(H,19,22). The van der Waals surface area contributed by atoms with Crippen molar-refractivity contribution < 1.29 is 9.59 Å². The lowest BCUT2D eigenvalue weighted by Gasteiger charge is -2.26. The van der Waals surface area contributed by atoms with Gasteiger partial charge in [0.15, 0.2) is 0 Å². The minimum atomic E-state index is -0.383. The average Bonchev–Trinajstić information content (AvgIpc) is 3.14. The smallest absolute Gasteiger partial charge is 0.243 e. The van der Waals surface area contributed by atoms with E-state index in [1.54, 1.807) is 4.90 Å². The van der Waals surface area contributed by atoms with Gasteiger partial charge in [0.2, 0.25) is 11.8 Å². The molecule has 1 aliphatic carbocycles. The lowest BCUT2D eigenvalue weighted by atomic mass is 10.0. The van der Waals surface area contributed by atoms with Crippen LogP contribution in [0.4, 0.5) is 5.69 Å². The average molecular weight is 300 g/mol. The molecule has 4 heteroatoms. The van der Waals surface area contributed by atoms with Crippen LogP contribution in [0.3, 0.4) is 0 Å². The summed E-state index contributed by atoms with van der Waals surface area (Å²) in [5.41, 5.74) is 2.01. The molecule has 1 aromatic rings.